The molecule has 1 N–H and O–H groups in total. The van der Waals surface area contributed by atoms with Gasteiger partial charge in [0.1, 0.15) is 11.8 Å². The maximum Gasteiger partial charge on any atom is 0.242 e. The molecule has 0 aromatic heterocycles. The summed E-state index contributed by atoms with van der Waals surface area (Å²) in [6.45, 7) is 8.02. The number of hydrogen-bond donors (Lipinski definition) is 1. The van der Waals surface area contributed by atoms with Gasteiger partial charge < -0.3 is 15.0 Å². The number of benzene rings is 2. The second-order valence-corrected chi connectivity index (χ2v) is 7.31. The molecule has 0 spiro atoms. The van der Waals surface area contributed by atoms with Crippen molar-refractivity contribution in [1.29, 1.82) is 0 Å². The van der Waals surface area contributed by atoms with E-state index in [-0.39, 0.29) is 24.3 Å². The molecule has 0 heterocycles. The molecule has 0 bridgehead atoms. The summed E-state index contributed by atoms with van der Waals surface area (Å²) in [6.07, 6.45) is 0.231. The highest BCUT2D eigenvalue weighted by molar-refractivity contribution is 5.88. The highest BCUT2D eigenvalue weighted by atomic mass is 16.5. The molecule has 2 amide bonds. The van der Waals surface area contributed by atoms with Crippen LogP contribution in [0.2, 0.25) is 0 Å². The van der Waals surface area contributed by atoms with Crippen molar-refractivity contribution in [1.82, 2.24) is 10.2 Å². The number of methoxy groups -OCH3 is 1. The minimum absolute atomic E-state index is 0.0203. The highest BCUT2D eigenvalue weighted by Gasteiger charge is 2.26. The lowest BCUT2D eigenvalue weighted by atomic mass is 10.1. The fraction of sp³-hybridized carbons (Fsp3) is 0.391. The zero-order valence-electron chi connectivity index (χ0n) is 17.4. The van der Waals surface area contributed by atoms with E-state index in [4.69, 9.17) is 4.74 Å². The van der Waals surface area contributed by atoms with Crippen LogP contribution in [0.15, 0.2) is 48.5 Å². The third-order valence-electron chi connectivity index (χ3n) is 4.71. The van der Waals surface area contributed by atoms with E-state index in [1.165, 1.54) is 0 Å². The van der Waals surface area contributed by atoms with Gasteiger partial charge >= 0.3 is 0 Å². The summed E-state index contributed by atoms with van der Waals surface area (Å²) in [6, 6.07) is 14.8. The first-order valence-electron chi connectivity index (χ1n) is 9.59. The molecule has 28 heavy (non-hydrogen) atoms. The topological polar surface area (TPSA) is 58.6 Å². The molecule has 0 aliphatic heterocycles. The first-order chi connectivity index (χ1) is 13.3. The van der Waals surface area contributed by atoms with Crippen LogP contribution in [0.4, 0.5) is 0 Å². The predicted molar refractivity (Wildman–Crippen MR) is 111 cm³/mol. The van der Waals surface area contributed by atoms with Crippen molar-refractivity contribution >= 4 is 11.8 Å². The van der Waals surface area contributed by atoms with Crippen LogP contribution < -0.4 is 10.1 Å². The molecule has 0 saturated carbocycles. The number of amides is 2. The Morgan fingerprint density at radius 2 is 1.68 bits per heavy atom. The smallest absolute Gasteiger partial charge is 0.242 e. The molecule has 2 aromatic carbocycles. The fourth-order valence-electron chi connectivity index (χ4n) is 2.98. The summed E-state index contributed by atoms with van der Waals surface area (Å²) < 4.78 is 5.17. The van der Waals surface area contributed by atoms with E-state index < -0.39 is 6.04 Å². The maximum absolute atomic E-state index is 13.1. The van der Waals surface area contributed by atoms with Gasteiger partial charge in [-0.05, 0) is 56.5 Å². The molecule has 150 valence electrons. The van der Waals surface area contributed by atoms with Crippen LogP contribution in [0.5, 0.6) is 5.75 Å². The van der Waals surface area contributed by atoms with E-state index >= 15 is 0 Å². The van der Waals surface area contributed by atoms with Crippen molar-refractivity contribution in [2.24, 2.45) is 0 Å². The lowest BCUT2D eigenvalue weighted by Crippen LogP contribution is -2.49. The first kappa shape index (κ1) is 21.5. The van der Waals surface area contributed by atoms with Crippen molar-refractivity contribution < 1.29 is 14.3 Å². The molecule has 0 radical (unpaired) electrons. The van der Waals surface area contributed by atoms with Gasteiger partial charge in [0, 0.05) is 12.6 Å². The molecule has 1 unspecified atom stereocenters. The quantitative estimate of drug-likeness (QED) is 0.760. The van der Waals surface area contributed by atoms with E-state index in [0.29, 0.717) is 6.54 Å². The SMILES string of the molecule is COc1ccc(CC(=O)N(Cc2ccccc2C)C(C)C(=O)NC(C)C)cc1. The molecule has 0 aliphatic rings. The number of carbonyl (C=O) groups excluding carboxylic acids is 2. The van der Waals surface area contributed by atoms with Crippen LogP contribution in [0.25, 0.3) is 0 Å². The number of rotatable bonds is 8. The zero-order chi connectivity index (χ0) is 20.7. The van der Waals surface area contributed by atoms with Crippen LogP contribution in [0.3, 0.4) is 0 Å². The second-order valence-electron chi connectivity index (χ2n) is 7.31. The number of carbonyl (C=O) groups is 2. The van der Waals surface area contributed by atoms with Crippen LogP contribution in [-0.4, -0.2) is 35.9 Å². The third kappa shape index (κ3) is 5.84. The summed E-state index contributed by atoms with van der Waals surface area (Å²) in [7, 11) is 1.61. The standard InChI is InChI=1S/C23H30N2O3/c1-16(2)24-23(27)18(4)25(15-20-9-7-6-8-17(20)3)22(26)14-19-10-12-21(28-5)13-11-19/h6-13,16,18H,14-15H2,1-5H3,(H,24,27). The number of aryl methyl sites for hydroxylation is 1. The number of hydrogen-bond acceptors (Lipinski definition) is 3. The highest BCUT2D eigenvalue weighted by Crippen LogP contribution is 2.17. The Hall–Kier alpha value is -2.82. The van der Waals surface area contributed by atoms with E-state index in [1.54, 1.807) is 18.9 Å². The molecule has 1 atom stereocenters. The molecular weight excluding hydrogens is 352 g/mol. The lowest BCUT2D eigenvalue weighted by molar-refractivity contribution is -0.140. The minimum atomic E-state index is -0.562. The van der Waals surface area contributed by atoms with Gasteiger partial charge in [-0.3, -0.25) is 9.59 Å². The fourth-order valence-corrected chi connectivity index (χ4v) is 2.98. The van der Waals surface area contributed by atoms with Gasteiger partial charge in [-0.15, -0.1) is 0 Å². The Balaban J connectivity index is 2.23. The van der Waals surface area contributed by atoms with E-state index in [0.717, 1.165) is 22.4 Å². The Morgan fingerprint density at radius 3 is 2.25 bits per heavy atom. The Morgan fingerprint density at radius 1 is 1.04 bits per heavy atom. The Kier molecular flexibility index (Phi) is 7.61. The van der Waals surface area contributed by atoms with E-state index in [9.17, 15) is 9.59 Å². The molecule has 2 aromatic rings. The zero-order valence-corrected chi connectivity index (χ0v) is 17.4. The number of nitrogens with zero attached hydrogens (tertiary/aromatic N) is 1. The van der Waals surface area contributed by atoms with Crippen molar-refractivity contribution in [3.05, 3.63) is 65.2 Å². The molecular formula is C23H30N2O3. The van der Waals surface area contributed by atoms with Gasteiger partial charge in [-0.25, -0.2) is 0 Å². The van der Waals surface area contributed by atoms with E-state index in [1.807, 2.05) is 69.3 Å². The minimum Gasteiger partial charge on any atom is -0.497 e. The normalized spacial score (nSPS) is 11.8. The van der Waals surface area contributed by atoms with Crippen molar-refractivity contribution in [3.63, 3.8) is 0 Å². The summed E-state index contributed by atoms with van der Waals surface area (Å²) >= 11 is 0. The van der Waals surface area contributed by atoms with Crippen molar-refractivity contribution in [2.45, 2.75) is 52.7 Å². The molecule has 5 nitrogen and oxygen atoms in total. The van der Waals surface area contributed by atoms with Crippen molar-refractivity contribution in [3.8, 4) is 5.75 Å². The first-order valence-corrected chi connectivity index (χ1v) is 9.59. The molecule has 0 fully saturated rings. The van der Waals surface area contributed by atoms with Gasteiger partial charge in [0.15, 0.2) is 0 Å². The third-order valence-corrected chi connectivity index (χ3v) is 4.71. The average Bonchev–Trinajstić information content (AvgIpc) is 2.66. The number of nitrogens with one attached hydrogen (secondary N) is 1. The predicted octanol–water partition coefficient (Wildman–Crippen LogP) is 3.49. The summed E-state index contributed by atoms with van der Waals surface area (Å²) in [4.78, 5) is 27.4. The average molecular weight is 383 g/mol. The summed E-state index contributed by atoms with van der Waals surface area (Å²) in [5, 5.41) is 2.91. The summed E-state index contributed by atoms with van der Waals surface area (Å²) in [5.41, 5.74) is 3.02. The van der Waals surface area contributed by atoms with Crippen molar-refractivity contribution in [2.75, 3.05) is 7.11 Å². The van der Waals surface area contributed by atoms with Gasteiger partial charge in [-0.2, -0.15) is 0 Å². The monoisotopic (exact) mass is 382 g/mol. The molecule has 0 saturated heterocycles. The maximum atomic E-state index is 13.1. The molecule has 2 rings (SSSR count). The lowest BCUT2D eigenvalue weighted by Gasteiger charge is -2.30. The number of ether oxygens (including phenoxy) is 1. The second kappa shape index (κ2) is 9.93. The summed E-state index contributed by atoms with van der Waals surface area (Å²) in [5.74, 6) is 0.518. The van der Waals surface area contributed by atoms with Gasteiger partial charge in [0.05, 0.1) is 13.5 Å². The van der Waals surface area contributed by atoms with Gasteiger partial charge in [0.25, 0.3) is 0 Å². The molecule has 0 aliphatic carbocycles. The van der Waals surface area contributed by atoms with Crippen LogP contribution in [0.1, 0.15) is 37.5 Å². The van der Waals surface area contributed by atoms with Gasteiger partial charge in [-0.1, -0.05) is 36.4 Å². The van der Waals surface area contributed by atoms with Crippen LogP contribution in [0, 0.1) is 6.92 Å². The largest absolute Gasteiger partial charge is 0.497 e. The Labute approximate surface area is 167 Å². The van der Waals surface area contributed by atoms with E-state index in [2.05, 4.69) is 5.32 Å². The molecule has 5 heteroatoms. The van der Waals surface area contributed by atoms with Crippen LogP contribution >= 0.6 is 0 Å². The van der Waals surface area contributed by atoms with Gasteiger partial charge in [0.2, 0.25) is 11.8 Å². The van der Waals surface area contributed by atoms with Crippen LogP contribution in [-0.2, 0) is 22.6 Å². The Bertz CT molecular complexity index is 800.